The first-order chi connectivity index (χ1) is 11.7. The highest BCUT2D eigenvalue weighted by molar-refractivity contribution is 6.01. The number of carbonyl (C=O) groups is 1. The molecule has 0 bridgehead atoms. The van der Waals surface area contributed by atoms with Crippen LogP contribution in [-0.4, -0.2) is 18.6 Å². The van der Waals surface area contributed by atoms with Gasteiger partial charge in [0, 0.05) is 6.04 Å². The molecule has 0 spiro atoms. The summed E-state index contributed by atoms with van der Waals surface area (Å²) in [5, 5.41) is 12.2. The molecular formula is C20H26N2O2. The van der Waals surface area contributed by atoms with Crippen LogP contribution in [0.4, 0.5) is 0 Å². The maximum atomic E-state index is 12.2. The maximum Gasteiger partial charge on any atom is 0.262 e. The number of carbonyl (C=O) groups excluding carboxylic acids is 1. The largest absolute Gasteiger partial charge is 0.494 e. The summed E-state index contributed by atoms with van der Waals surface area (Å²) in [5.41, 5.74) is 0.979. The van der Waals surface area contributed by atoms with E-state index in [2.05, 4.69) is 12.2 Å². The van der Waals surface area contributed by atoms with Gasteiger partial charge in [0.1, 0.15) is 17.4 Å². The molecule has 1 aliphatic rings. The van der Waals surface area contributed by atoms with E-state index in [9.17, 15) is 10.1 Å². The van der Waals surface area contributed by atoms with Gasteiger partial charge in [-0.2, -0.15) is 5.26 Å². The number of amides is 1. The van der Waals surface area contributed by atoms with Crippen LogP contribution in [-0.2, 0) is 4.79 Å². The maximum absolute atomic E-state index is 12.2. The summed E-state index contributed by atoms with van der Waals surface area (Å²) < 4.78 is 5.67. The zero-order valence-electron chi connectivity index (χ0n) is 14.4. The highest BCUT2D eigenvalue weighted by Crippen LogP contribution is 2.19. The number of benzene rings is 1. The molecule has 128 valence electrons. The normalized spacial score (nSPS) is 15.1. The Bertz CT molecular complexity index is 593. The van der Waals surface area contributed by atoms with E-state index in [-0.39, 0.29) is 17.5 Å². The van der Waals surface area contributed by atoms with E-state index in [0.717, 1.165) is 50.0 Å². The Labute approximate surface area is 144 Å². The Kier molecular flexibility index (Phi) is 7.35. The lowest BCUT2D eigenvalue weighted by molar-refractivity contribution is -0.117. The molecule has 1 amide bonds. The van der Waals surface area contributed by atoms with Gasteiger partial charge in [-0.1, -0.05) is 44.7 Å². The van der Waals surface area contributed by atoms with Crippen molar-refractivity contribution in [2.75, 3.05) is 6.61 Å². The Morgan fingerprint density at radius 2 is 2.00 bits per heavy atom. The minimum absolute atomic E-state index is 0.151. The van der Waals surface area contributed by atoms with Crippen LogP contribution in [0.3, 0.4) is 0 Å². The summed E-state index contributed by atoms with van der Waals surface area (Å²) in [6.07, 6.45) is 9.34. The van der Waals surface area contributed by atoms with Crippen molar-refractivity contribution < 1.29 is 9.53 Å². The number of hydrogen-bond donors (Lipinski definition) is 1. The van der Waals surface area contributed by atoms with Crippen LogP contribution in [0.2, 0.25) is 0 Å². The Morgan fingerprint density at radius 1 is 1.29 bits per heavy atom. The first-order valence-corrected chi connectivity index (χ1v) is 8.88. The quantitative estimate of drug-likeness (QED) is 0.442. The lowest BCUT2D eigenvalue weighted by Crippen LogP contribution is -2.33. The third kappa shape index (κ3) is 5.73. The number of nitrogens with zero attached hydrogens (tertiary/aromatic N) is 1. The van der Waals surface area contributed by atoms with Crippen LogP contribution < -0.4 is 10.1 Å². The van der Waals surface area contributed by atoms with Crippen LogP contribution in [0.1, 0.15) is 57.4 Å². The molecule has 0 aliphatic heterocycles. The lowest BCUT2D eigenvalue weighted by atomic mass is 10.1. The zero-order valence-corrected chi connectivity index (χ0v) is 14.4. The zero-order chi connectivity index (χ0) is 17.2. The van der Waals surface area contributed by atoms with Crippen molar-refractivity contribution in [1.82, 2.24) is 5.32 Å². The summed E-state index contributed by atoms with van der Waals surface area (Å²) in [7, 11) is 0. The first kappa shape index (κ1) is 18.1. The smallest absolute Gasteiger partial charge is 0.262 e. The molecule has 1 aromatic carbocycles. The number of ether oxygens (including phenoxy) is 1. The van der Waals surface area contributed by atoms with Crippen LogP contribution >= 0.6 is 0 Å². The lowest BCUT2D eigenvalue weighted by Gasteiger charge is -2.11. The molecule has 2 rings (SSSR count). The summed E-state index contributed by atoms with van der Waals surface area (Å²) >= 11 is 0. The Balaban J connectivity index is 1.92. The topological polar surface area (TPSA) is 62.1 Å². The average molecular weight is 326 g/mol. The fraction of sp³-hybridized carbons (Fsp3) is 0.500. The van der Waals surface area contributed by atoms with Crippen molar-refractivity contribution >= 4 is 12.0 Å². The molecule has 4 nitrogen and oxygen atoms in total. The average Bonchev–Trinajstić information content (AvgIpc) is 3.10. The highest BCUT2D eigenvalue weighted by atomic mass is 16.5. The van der Waals surface area contributed by atoms with E-state index in [1.807, 2.05) is 30.3 Å². The number of nitrogens with one attached hydrogen (secondary N) is 1. The molecule has 0 radical (unpaired) electrons. The molecule has 4 heteroatoms. The second-order valence-electron chi connectivity index (χ2n) is 6.25. The summed E-state index contributed by atoms with van der Waals surface area (Å²) in [6.45, 7) is 2.88. The van der Waals surface area contributed by atoms with Gasteiger partial charge in [0.15, 0.2) is 0 Å². The molecule has 0 unspecified atom stereocenters. The number of nitriles is 1. The molecule has 1 N–H and O–H groups in total. The third-order valence-corrected chi connectivity index (χ3v) is 4.26. The van der Waals surface area contributed by atoms with Crippen molar-refractivity contribution in [3.8, 4) is 11.8 Å². The molecule has 1 saturated carbocycles. The SMILES string of the molecule is CCCCCOc1ccc(/C=C(\C#N)C(=O)NC2CCCC2)cc1. The van der Waals surface area contributed by atoms with E-state index in [4.69, 9.17) is 4.74 Å². The van der Waals surface area contributed by atoms with E-state index in [1.165, 1.54) is 12.8 Å². The number of hydrogen-bond acceptors (Lipinski definition) is 3. The van der Waals surface area contributed by atoms with Gasteiger partial charge in [0.25, 0.3) is 5.91 Å². The predicted octanol–water partition coefficient (Wildman–Crippen LogP) is 4.22. The first-order valence-electron chi connectivity index (χ1n) is 8.88. The molecule has 0 saturated heterocycles. The van der Waals surface area contributed by atoms with Crippen molar-refractivity contribution in [2.24, 2.45) is 0 Å². The monoisotopic (exact) mass is 326 g/mol. The molecule has 1 aliphatic carbocycles. The summed E-state index contributed by atoms with van der Waals surface area (Å²) in [4.78, 5) is 12.2. The standard InChI is InChI=1S/C20H26N2O2/c1-2-3-6-13-24-19-11-9-16(10-12-19)14-17(15-21)20(23)22-18-7-4-5-8-18/h9-12,14,18H,2-8,13H2,1H3,(H,22,23)/b17-14+. The van der Waals surface area contributed by atoms with Crippen molar-refractivity contribution in [2.45, 2.75) is 57.9 Å². The Hall–Kier alpha value is -2.28. The van der Waals surface area contributed by atoms with Gasteiger partial charge in [-0.15, -0.1) is 0 Å². The molecule has 1 aromatic rings. The molecule has 24 heavy (non-hydrogen) atoms. The van der Waals surface area contributed by atoms with Crippen LogP contribution in [0.15, 0.2) is 29.8 Å². The fourth-order valence-corrected chi connectivity index (χ4v) is 2.85. The number of rotatable bonds is 8. The third-order valence-electron chi connectivity index (χ3n) is 4.26. The molecule has 0 atom stereocenters. The van der Waals surface area contributed by atoms with E-state index < -0.39 is 0 Å². The molecule has 0 aromatic heterocycles. The van der Waals surface area contributed by atoms with Crippen molar-refractivity contribution in [3.63, 3.8) is 0 Å². The van der Waals surface area contributed by atoms with Crippen molar-refractivity contribution in [3.05, 3.63) is 35.4 Å². The van der Waals surface area contributed by atoms with E-state index in [1.54, 1.807) is 6.08 Å². The predicted molar refractivity (Wildman–Crippen MR) is 95.5 cm³/mol. The minimum atomic E-state index is -0.274. The number of unbranched alkanes of at least 4 members (excludes halogenated alkanes) is 2. The fourth-order valence-electron chi connectivity index (χ4n) is 2.85. The summed E-state index contributed by atoms with van der Waals surface area (Å²) in [6, 6.07) is 9.71. The van der Waals surface area contributed by atoms with Crippen LogP contribution in [0, 0.1) is 11.3 Å². The van der Waals surface area contributed by atoms with Gasteiger partial charge in [-0.25, -0.2) is 0 Å². The molecular weight excluding hydrogens is 300 g/mol. The molecule has 0 heterocycles. The highest BCUT2D eigenvalue weighted by Gasteiger charge is 2.19. The van der Waals surface area contributed by atoms with Gasteiger partial charge >= 0.3 is 0 Å². The van der Waals surface area contributed by atoms with Crippen molar-refractivity contribution in [1.29, 1.82) is 5.26 Å². The van der Waals surface area contributed by atoms with Gasteiger partial charge in [0.05, 0.1) is 6.61 Å². The van der Waals surface area contributed by atoms with Crippen LogP contribution in [0.25, 0.3) is 6.08 Å². The van der Waals surface area contributed by atoms with E-state index in [0.29, 0.717) is 0 Å². The summed E-state index contributed by atoms with van der Waals surface area (Å²) in [5.74, 6) is 0.543. The van der Waals surface area contributed by atoms with Gasteiger partial charge in [-0.3, -0.25) is 4.79 Å². The Morgan fingerprint density at radius 3 is 2.62 bits per heavy atom. The van der Waals surface area contributed by atoms with Gasteiger partial charge < -0.3 is 10.1 Å². The van der Waals surface area contributed by atoms with E-state index >= 15 is 0 Å². The van der Waals surface area contributed by atoms with Gasteiger partial charge in [0.2, 0.25) is 0 Å². The second-order valence-corrected chi connectivity index (χ2v) is 6.25. The van der Waals surface area contributed by atoms with Crippen LogP contribution in [0.5, 0.6) is 5.75 Å². The second kappa shape index (κ2) is 9.77. The minimum Gasteiger partial charge on any atom is -0.494 e. The van der Waals surface area contributed by atoms with Gasteiger partial charge in [-0.05, 0) is 43.0 Å². The molecule has 1 fully saturated rings.